The van der Waals surface area contributed by atoms with Gasteiger partial charge in [-0.1, -0.05) is 24.3 Å². The molecule has 4 aliphatic heterocycles. The summed E-state index contributed by atoms with van der Waals surface area (Å²) in [5.74, 6) is -19.0. The van der Waals surface area contributed by atoms with E-state index in [2.05, 4.69) is 0 Å². The van der Waals surface area contributed by atoms with E-state index in [1.807, 2.05) is 0 Å². The van der Waals surface area contributed by atoms with Crippen molar-refractivity contribution < 1.29 is 121 Å². The Bertz CT molecular complexity index is 4030. The Morgan fingerprint density at radius 3 is 0.964 bits per heavy atom. The third-order valence-electron chi connectivity index (χ3n) is 16.0. The fourth-order valence-electron chi connectivity index (χ4n) is 12.2. The van der Waals surface area contributed by atoms with E-state index in [0.717, 1.165) is 78.9 Å². The van der Waals surface area contributed by atoms with E-state index in [9.17, 15) is 102 Å². The second-order valence-electron chi connectivity index (χ2n) is 21.0. The highest BCUT2D eigenvalue weighted by Crippen LogP contribution is 2.65. The standard InChI is InChI=1S/C60H50O24/c61-23-13-34(71)42-41(14-23)81-55(20-2-6-26(63)31(68)10-20)51(78)48(42)44-36(73)17-38(75)46-50(53(80)57(83-59(44)46)22-4-8-28(65)33(70)12-22)47-39(76)18-37(74)45-49(52(79)56(84-60(45)47)21-3-7-27(64)32(69)11-21)43-35(72)16-29(66)24-15-40(77)54(82-58(24)43)19-1-5-25(62)30(67)9-19/h1-14,16-18,40,48-57,61-80H,15H2/t40?,48-,49+,50-,51?,52?,53?,54-,55-,56-,57-/m1/s1. The van der Waals surface area contributed by atoms with Crippen molar-refractivity contribution >= 4 is 0 Å². The molecule has 4 unspecified atom stereocenters. The molecule has 8 aromatic rings. The van der Waals surface area contributed by atoms with Crippen LogP contribution in [0.3, 0.4) is 0 Å². The SMILES string of the molecule is Oc1cc(O)c2c(c1)O[C@H](c1ccc(O)c(O)c1)C(O)[C@H]2c1c(O)cc(O)c2c1O[C@H](c1ccc(O)c(O)c1)C(O)[C@H]2c1c(O)cc(O)c2c1O[C@H](c1ccc(O)c(O)c1)C(O)[C@H]2c1c(O)cc(O)c2c1O[C@H](c1ccc(O)c(O)c1)C(O)C2. The summed E-state index contributed by atoms with van der Waals surface area (Å²) < 4.78 is 25.8. The highest BCUT2D eigenvalue weighted by atomic mass is 16.5. The number of hydrogen-bond acceptors (Lipinski definition) is 24. The van der Waals surface area contributed by atoms with Crippen molar-refractivity contribution in [3.05, 3.63) is 164 Å². The summed E-state index contributed by atoms with van der Waals surface area (Å²) in [5, 5.41) is 229. The van der Waals surface area contributed by atoms with Crippen LogP contribution in [0, 0.1) is 0 Å². The van der Waals surface area contributed by atoms with Crippen LogP contribution in [-0.4, -0.2) is 127 Å². The number of fused-ring (bicyclic) bond motifs is 4. The normalized spacial score (nSPS) is 24.0. The summed E-state index contributed by atoms with van der Waals surface area (Å²) >= 11 is 0. The first kappa shape index (κ1) is 54.2. The summed E-state index contributed by atoms with van der Waals surface area (Å²) in [7, 11) is 0. The molecule has 4 aliphatic rings. The van der Waals surface area contributed by atoms with Crippen LogP contribution >= 0.6 is 0 Å². The molecule has 0 bridgehead atoms. The predicted molar refractivity (Wildman–Crippen MR) is 285 cm³/mol. The van der Waals surface area contributed by atoms with Crippen molar-refractivity contribution in [3.63, 3.8) is 0 Å². The molecule has 24 nitrogen and oxygen atoms in total. The van der Waals surface area contributed by atoms with Crippen molar-refractivity contribution in [2.45, 2.75) is 73.0 Å². The monoisotopic (exact) mass is 1150 g/mol. The van der Waals surface area contributed by atoms with E-state index in [0.29, 0.717) is 0 Å². The number of benzene rings is 8. The highest BCUT2D eigenvalue weighted by Gasteiger charge is 2.53. The van der Waals surface area contributed by atoms with Gasteiger partial charge in [0.2, 0.25) is 0 Å². The molecule has 0 fully saturated rings. The second-order valence-corrected chi connectivity index (χ2v) is 21.0. The molecule has 8 aromatic carbocycles. The number of hydrogen-bond donors (Lipinski definition) is 20. The minimum atomic E-state index is -2.15. The van der Waals surface area contributed by atoms with Crippen LogP contribution in [0.15, 0.2) is 103 Å². The molecular weight excluding hydrogens is 1100 g/mol. The van der Waals surface area contributed by atoms with Crippen LogP contribution in [-0.2, 0) is 6.42 Å². The van der Waals surface area contributed by atoms with Gasteiger partial charge in [0, 0.05) is 75.7 Å². The number of ether oxygens (including phenoxy) is 4. The van der Waals surface area contributed by atoms with Gasteiger partial charge in [-0.25, -0.2) is 0 Å². The van der Waals surface area contributed by atoms with Crippen molar-refractivity contribution in [1.29, 1.82) is 0 Å². The Labute approximate surface area is 472 Å². The molecule has 0 aliphatic carbocycles. The minimum absolute atomic E-state index is 0.00111. The lowest BCUT2D eigenvalue weighted by Crippen LogP contribution is -2.40. The average molecular weight is 1160 g/mol. The zero-order chi connectivity index (χ0) is 59.8. The third-order valence-corrected chi connectivity index (χ3v) is 16.0. The summed E-state index contributed by atoms with van der Waals surface area (Å²) in [6.45, 7) is 0. The molecule has 84 heavy (non-hydrogen) atoms. The zero-order valence-electron chi connectivity index (χ0n) is 43.0. The first-order valence-electron chi connectivity index (χ1n) is 25.7. The molecule has 4 heterocycles. The van der Waals surface area contributed by atoms with Crippen molar-refractivity contribution in [1.82, 2.24) is 0 Å². The Hall–Kier alpha value is -10.4. The van der Waals surface area contributed by atoms with E-state index >= 15 is 0 Å². The van der Waals surface area contributed by atoms with Crippen LogP contribution in [0.5, 0.6) is 115 Å². The number of aliphatic hydroxyl groups is 4. The number of aromatic hydroxyl groups is 16. The van der Waals surface area contributed by atoms with Crippen molar-refractivity contribution in [3.8, 4) is 115 Å². The van der Waals surface area contributed by atoms with Gasteiger partial charge < -0.3 is 121 Å². The lowest BCUT2D eigenvalue weighted by atomic mass is 9.72. The maximum absolute atomic E-state index is 13.1. The Balaban J connectivity index is 1.14. The molecule has 0 amide bonds. The van der Waals surface area contributed by atoms with Crippen LogP contribution in [0.25, 0.3) is 0 Å². The molecule has 0 saturated carbocycles. The first-order valence-corrected chi connectivity index (χ1v) is 25.7. The summed E-state index contributed by atoms with van der Waals surface area (Å²) in [6, 6.07) is 17.7. The molecule has 24 heteroatoms. The van der Waals surface area contributed by atoms with Gasteiger partial charge >= 0.3 is 0 Å². The smallest absolute Gasteiger partial charge is 0.157 e. The van der Waals surface area contributed by atoms with Gasteiger partial charge in [-0.15, -0.1) is 0 Å². The van der Waals surface area contributed by atoms with Gasteiger partial charge in [-0.3, -0.25) is 0 Å². The van der Waals surface area contributed by atoms with Crippen LogP contribution < -0.4 is 18.9 Å². The minimum Gasteiger partial charge on any atom is -0.508 e. The molecule has 0 saturated heterocycles. The average Bonchev–Trinajstić information content (AvgIpc) is 1.45. The van der Waals surface area contributed by atoms with Gasteiger partial charge in [0.05, 0.1) is 23.9 Å². The van der Waals surface area contributed by atoms with E-state index in [-0.39, 0.29) is 39.1 Å². The topological polar surface area (TPSA) is 442 Å². The lowest BCUT2D eigenvalue weighted by molar-refractivity contribution is -0.00858. The summed E-state index contributed by atoms with van der Waals surface area (Å²) in [4.78, 5) is 0. The molecule has 20 N–H and O–H groups in total. The Morgan fingerprint density at radius 1 is 0.274 bits per heavy atom. The van der Waals surface area contributed by atoms with Gasteiger partial charge in [-0.2, -0.15) is 0 Å². The van der Waals surface area contributed by atoms with E-state index in [4.69, 9.17) is 18.9 Å². The number of rotatable bonds is 7. The Morgan fingerprint density at radius 2 is 0.583 bits per heavy atom. The fourth-order valence-corrected chi connectivity index (χ4v) is 12.2. The quantitative estimate of drug-likeness (QED) is 0.0827. The second kappa shape index (κ2) is 19.7. The molecule has 0 spiro atoms. The largest absolute Gasteiger partial charge is 0.508 e. The van der Waals surface area contributed by atoms with E-state index < -0.39 is 210 Å². The maximum atomic E-state index is 13.1. The fraction of sp³-hybridized carbons (Fsp3) is 0.200. The van der Waals surface area contributed by atoms with Crippen molar-refractivity contribution in [2.24, 2.45) is 0 Å². The molecule has 12 rings (SSSR count). The lowest BCUT2D eigenvalue weighted by Gasteiger charge is -2.44. The van der Waals surface area contributed by atoms with Crippen LogP contribution in [0.4, 0.5) is 0 Å². The number of phenols is 16. The highest BCUT2D eigenvalue weighted by molar-refractivity contribution is 5.73. The van der Waals surface area contributed by atoms with Crippen LogP contribution in [0.2, 0.25) is 0 Å². The number of phenolic OH excluding ortho intramolecular Hbond substituents is 16. The van der Waals surface area contributed by atoms with E-state index in [1.165, 1.54) is 24.3 Å². The zero-order valence-corrected chi connectivity index (χ0v) is 43.0. The van der Waals surface area contributed by atoms with Gasteiger partial charge in [0.1, 0.15) is 93.4 Å². The third kappa shape index (κ3) is 8.44. The molecule has 434 valence electrons. The Kier molecular flexibility index (Phi) is 12.7. The van der Waals surface area contributed by atoms with Crippen LogP contribution in [0.1, 0.15) is 103 Å². The maximum Gasteiger partial charge on any atom is 0.157 e. The van der Waals surface area contributed by atoms with Gasteiger partial charge in [0.15, 0.2) is 64.3 Å². The predicted octanol–water partition coefficient (Wildman–Crippen LogP) is 5.89. The van der Waals surface area contributed by atoms with E-state index in [1.54, 1.807) is 0 Å². The molecule has 0 aromatic heterocycles. The molecule has 11 atom stereocenters. The van der Waals surface area contributed by atoms with Gasteiger partial charge in [0.25, 0.3) is 0 Å². The number of aliphatic hydroxyl groups excluding tert-OH is 4. The molecule has 0 radical (unpaired) electrons. The summed E-state index contributed by atoms with van der Waals surface area (Å²) in [6.07, 6.45) is -14.8. The first-order chi connectivity index (χ1) is 39.9. The van der Waals surface area contributed by atoms with Crippen molar-refractivity contribution in [2.75, 3.05) is 0 Å². The molecular formula is C60H50O24. The summed E-state index contributed by atoms with van der Waals surface area (Å²) in [5.41, 5.74) is -3.20. The van der Waals surface area contributed by atoms with Gasteiger partial charge in [-0.05, 0) is 70.8 Å².